The van der Waals surface area contributed by atoms with Gasteiger partial charge >= 0.3 is 0 Å². The SMILES string of the molecule is O=C(Nc1ccccc1F)c1cc(Cl)ccc1F. The number of carbonyl (C=O) groups excluding carboxylic acids is 1. The first kappa shape index (κ1) is 12.5. The summed E-state index contributed by atoms with van der Waals surface area (Å²) in [5.41, 5.74) is -0.243. The minimum Gasteiger partial charge on any atom is -0.319 e. The van der Waals surface area contributed by atoms with Crippen LogP contribution in [0.3, 0.4) is 0 Å². The lowest BCUT2D eigenvalue weighted by Gasteiger charge is -2.07. The minimum atomic E-state index is -0.750. The molecule has 92 valence electrons. The summed E-state index contributed by atoms with van der Waals surface area (Å²) in [5, 5.41) is 2.51. The Hall–Kier alpha value is -1.94. The van der Waals surface area contributed by atoms with Crippen LogP contribution in [0.4, 0.5) is 14.5 Å². The van der Waals surface area contributed by atoms with Crippen LogP contribution in [0.15, 0.2) is 42.5 Å². The minimum absolute atomic E-state index is 0.0122. The van der Waals surface area contributed by atoms with Crippen molar-refractivity contribution >= 4 is 23.2 Å². The van der Waals surface area contributed by atoms with Gasteiger partial charge < -0.3 is 5.32 Å². The van der Waals surface area contributed by atoms with Gasteiger partial charge in [0.1, 0.15) is 11.6 Å². The lowest BCUT2D eigenvalue weighted by Crippen LogP contribution is -2.14. The molecule has 2 aromatic rings. The van der Waals surface area contributed by atoms with Crippen molar-refractivity contribution in [1.29, 1.82) is 0 Å². The molecule has 0 unspecified atom stereocenters. The van der Waals surface area contributed by atoms with Crippen LogP contribution >= 0.6 is 11.6 Å². The molecule has 0 aromatic heterocycles. The second-order valence-electron chi connectivity index (χ2n) is 3.56. The maximum absolute atomic E-state index is 13.4. The molecule has 0 bridgehead atoms. The maximum atomic E-state index is 13.4. The fourth-order valence-corrected chi connectivity index (χ4v) is 1.60. The molecule has 5 heteroatoms. The molecule has 2 aromatic carbocycles. The highest BCUT2D eigenvalue weighted by atomic mass is 35.5. The number of carbonyl (C=O) groups is 1. The van der Waals surface area contributed by atoms with Crippen LogP contribution in [0.5, 0.6) is 0 Å². The van der Waals surface area contributed by atoms with Crippen molar-refractivity contribution in [3.63, 3.8) is 0 Å². The Bertz CT molecular complexity index is 601. The summed E-state index contributed by atoms with van der Waals surface area (Å²) >= 11 is 5.67. The third-order valence-electron chi connectivity index (χ3n) is 2.30. The van der Waals surface area contributed by atoms with Gasteiger partial charge in [-0.2, -0.15) is 0 Å². The van der Waals surface area contributed by atoms with E-state index in [1.807, 2.05) is 0 Å². The monoisotopic (exact) mass is 267 g/mol. The van der Waals surface area contributed by atoms with Crippen LogP contribution in [0.2, 0.25) is 5.02 Å². The number of nitrogens with one attached hydrogen (secondary N) is 1. The predicted molar refractivity (Wildman–Crippen MR) is 65.8 cm³/mol. The number of anilines is 1. The molecule has 2 rings (SSSR count). The van der Waals surface area contributed by atoms with Gasteiger partial charge in [0, 0.05) is 5.02 Å². The fourth-order valence-electron chi connectivity index (χ4n) is 1.42. The Morgan fingerprint density at radius 3 is 2.50 bits per heavy atom. The molecule has 0 spiro atoms. The molecule has 0 atom stereocenters. The summed E-state index contributed by atoms with van der Waals surface area (Å²) < 4.78 is 26.7. The number of hydrogen-bond donors (Lipinski definition) is 1. The molecule has 0 heterocycles. The first-order valence-electron chi connectivity index (χ1n) is 5.09. The Morgan fingerprint density at radius 2 is 1.78 bits per heavy atom. The zero-order chi connectivity index (χ0) is 13.1. The van der Waals surface area contributed by atoms with Crippen molar-refractivity contribution in [2.45, 2.75) is 0 Å². The number of benzene rings is 2. The first-order chi connectivity index (χ1) is 8.58. The van der Waals surface area contributed by atoms with Gasteiger partial charge in [0.05, 0.1) is 11.3 Å². The first-order valence-corrected chi connectivity index (χ1v) is 5.46. The molecule has 0 aliphatic carbocycles. The molecule has 0 fully saturated rings. The largest absolute Gasteiger partial charge is 0.319 e. The molecule has 0 saturated carbocycles. The maximum Gasteiger partial charge on any atom is 0.258 e. The van der Waals surface area contributed by atoms with Crippen molar-refractivity contribution in [1.82, 2.24) is 0 Å². The predicted octanol–water partition coefficient (Wildman–Crippen LogP) is 3.87. The van der Waals surface area contributed by atoms with Crippen LogP contribution in [0, 0.1) is 11.6 Å². The molecule has 18 heavy (non-hydrogen) atoms. The van der Waals surface area contributed by atoms with E-state index in [1.165, 1.54) is 30.3 Å². The highest BCUT2D eigenvalue weighted by molar-refractivity contribution is 6.31. The van der Waals surface area contributed by atoms with Gasteiger partial charge in [-0.3, -0.25) is 4.79 Å². The third kappa shape index (κ3) is 2.65. The lowest BCUT2D eigenvalue weighted by molar-refractivity contribution is 0.102. The summed E-state index contributed by atoms with van der Waals surface area (Å²) in [6.45, 7) is 0. The Balaban J connectivity index is 2.28. The van der Waals surface area contributed by atoms with Crippen LogP contribution in [-0.2, 0) is 0 Å². The Kier molecular flexibility index (Phi) is 3.58. The highest BCUT2D eigenvalue weighted by Crippen LogP contribution is 2.18. The van der Waals surface area contributed by atoms with Crippen LogP contribution < -0.4 is 5.32 Å². The van der Waals surface area contributed by atoms with Crippen LogP contribution in [-0.4, -0.2) is 5.91 Å². The molecule has 0 radical (unpaired) electrons. The summed E-state index contributed by atoms with van der Waals surface area (Å²) in [6, 6.07) is 9.24. The second-order valence-corrected chi connectivity index (χ2v) is 3.99. The normalized spacial score (nSPS) is 10.2. The molecule has 1 amide bonds. The Labute approximate surface area is 107 Å². The van der Waals surface area contributed by atoms with E-state index in [9.17, 15) is 13.6 Å². The lowest BCUT2D eigenvalue weighted by atomic mass is 10.2. The van der Waals surface area contributed by atoms with E-state index in [-0.39, 0.29) is 16.3 Å². The topological polar surface area (TPSA) is 29.1 Å². The average Bonchev–Trinajstić information content (AvgIpc) is 2.35. The molecule has 1 N–H and O–H groups in total. The van der Waals surface area contributed by atoms with E-state index in [4.69, 9.17) is 11.6 Å². The van der Waals surface area contributed by atoms with Gasteiger partial charge in [-0.05, 0) is 30.3 Å². The molecule has 0 aliphatic heterocycles. The van der Waals surface area contributed by atoms with Crippen molar-refractivity contribution in [2.24, 2.45) is 0 Å². The molecule has 2 nitrogen and oxygen atoms in total. The molecular weight excluding hydrogens is 260 g/mol. The van der Waals surface area contributed by atoms with Gasteiger partial charge in [-0.1, -0.05) is 23.7 Å². The number of halogens is 3. The number of para-hydroxylation sites is 1. The van der Waals surface area contributed by atoms with Crippen LogP contribution in [0.1, 0.15) is 10.4 Å². The Morgan fingerprint density at radius 1 is 1.06 bits per heavy atom. The summed E-state index contributed by atoms with van der Waals surface area (Å²) in [5.74, 6) is -2.05. The molecule has 0 aliphatic rings. The quantitative estimate of drug-likeness (QED) is 0.879. The van der Waals surface area contributed by atoms with Crippen LogP contribution in [0.25, 0.3) is 0 Å². The van der Waals surface area contributed by atoms with Gasteiger partial charge in [-0.25, -0.2) is 8.78 Å². The average molecular weight is 268 g/mol. The van der Waals surface area contributed by atoms with Crippen molar-refractivity contribution in [3.05, 3.63) is 64.7 Å². The number of amides is 1. The number of hydrogen-bond acceptors (Lipinski definition) is 1. The van der Waals surface area contributed by atoms with E-state index in [0.29, 0.717) is 0 Å². The standard InChI is InChI=1S/C13H8ClF2NO/c14-8-5-6-10(15)9(7-8)13(18)17-12-4-2-1-3-11(12)16/h1-7H,(H,17,18). The van der Waals surface area contributed by atoms with Crippen molar-refractivity contribution in [3.8, 4) is 0 Å². The van der Waals surface area contributed by atoms with E-state index in [2.05, 4.69) is 5.32 Å². The molecular formula is C13H8ClF2NO. The van der Waals surface area contributed by atoms with Crippen molar-refractivity contribution in [2.75, 3.05) is 5.32 Å². The van der Waals surface area contributed by atoms with Gasteiger partial charge in [0.25, 0.3) is 5.91 Å². The molecule has 0 saturated heterocycles. The number of rotatable bonds is 2. The zero-order valence-electron chi connectivity index (χ0n) is 9.08. The smallest absolute Gasteiger partial charge is 0.258 e. The summed E-state index contributed by atoms with van der Waals surface area (Å²) in [7, 11) is 0. The van der Waals surface area contributed by atoms with E-state index >= 15 is 0 Å². The third-order valence-corrected chi connectivity index (χ3v) is 2.53. The van der Waals surface area contributed by atoms with E-state index < -0.39 is 17.5 Å². The summed E-state index contributed by atoms with van der Waals surface area (Å²) in [4.78, 5) is 11.8. The van der Waals surface area contributed by atoms with Gasteiger partial charge in [0.15, 0.2) is 0 Å². The fraction of sp³-hybridized carbons (Fsp3) is 0. The second kappa shape index (κ2) is 5.14. The highest BCUT2D eigenvalue weighted by Gasteiger charge is 2.13. The van der Waals surface area contributed by atoms with E-state index in [1.54, 1.807) is 6.07 Å². The van der Waals surface area contributed by atoms with Gasteiger partial charge in [-0.15, -0.1) is 0 Å². The van der Waals surface area contributed by atoms with Gasteiger partial charge in [0.2, 0.25) is 0 Å². The summed E-state index contributed by atoms with van der Waals surface area (Å²) in [6.07, 6.45) is 0. The van der Waals surface area contributed by atoms with Crippen molar-refractivity contribution < 1.29 is 13.6 Å². The van der Waals surface area contributed by atoms with E-state index in [0.717, 1.165) is 6.07 Å². The zero-order valence-corrected chi connectivity index (χ0v) is 9.84.